The van der Waals surface area contributed by atoms with Gasteiger partial charge >= 0.3 is 0 Å². The molecule has 3 heteroatoms. The molecule has 0 fully saturated rings. The average molecular weight is 220 g/mol. The molecule has 0 bridgehead atoms. The van der Waals surface area contributed by atoms with Gasteiger partial charge in [-0.25, -0.2) is 0 Å². The summed E-state index contributed by atoms with van der Waals surface area (Å²) in [6.45, 7) is 3.77. The molecule has 0 unspecified atom stereocenters. The predicted octanol–water partition coefficient (Wildman–Crippen LogP) is 2.27. The summed E-state index contributed by atoms with van der Waals surface area (Å²) in [5, 5.41) is 0. The van der Waals surface area contributed by atoms with E-state index in [4.69, 9.17) is 0 Å². The molecule has 0 spiro atoms. The summed E-state index contributed by atoms with van der Waals surface area (Å²) in [5.74, 6) is 0.356. The van der Waals surface area contributed by atoms with Crippen LogP contribution in [0, 0.1) is 0 Å². The van der Waals surface area contributed by atoms with E-state index >= 15 is 0 Å². The minimum atomic E-state index is 0.356. The van der Waals surface area contributed by atoms with Crippen molar-refractivity contribution in [1.82, 2.24) is 9.88 Å². The molecule has 1 aromatic rings. The van der Waals surface area contributed by atoms with Gasteiger partial charge in [-0.05, 0) is 31.6 Å². The van der Waals surface area contributed by atoms with Crippen LogP contribution in [0.3, 0.4) is 0 Å². The van der Waals surface area contributed by atoms with Crippen LogP contribution in [0.2, 0.25) is 0 Å². The molecule has 1 heterocycles. The molecule has 16 heavy (non-hydrogen) atoms. The van der Waals surface area contributed by atoms with Gasteiger partial charge in [-0.2, -0.15) is 0 Å². The Morgan fingerprint density at radius 3 is 2.94 bits per heavy atom. The zero-order valence-electron chi connectivity index (χ0n) is 10.1. The Balaban J connectivity index is 2.21. The van der Waals surface area contributed by atoms with Gasteiger partial charge in [0.15, 0.2) is 0 Å². The van der Waals surface area contributed by atoms with Crippen LogP contribution in [-0.4, -0.2) is 29.3 Å². The zero-order valence-corrected chi connectivity index (χ0v) is 10.1. The number of carbonyl (C=O) groups is 1. The highest BCUT2D eigenvalue weighted by molar-refractivity contribution is 5.77. The summed E-state index contributed by atoms with van der Waals surface area (Å²) in [6.07, 6.45) is 5.97. The maximum atomic E-state index is 11.1. The number of Topliss-reactive ketones (excluding diaryl/α,β-unsaturated/α-hetero) is 1. The third kappa shape index (κ3) is 5.03. The summed E-state index contributed by atoms with van der Waals surface area (Å²) in [5.41, 5.74) is 1.21. The largest absolute Gasteiger partial charge is 0.302 e. The first-order valence-electron chi connectivity index (χ1n) is 5.81. The Labute approximate surface area is 97.5 Å². The summed E-state index contributed by atoms with van der Waals surface area (Å²) < 4.78 is 0. The van der Waals surface area contributed by atoms with Crippen molar-refractivity contribution >= 4 is 5.78 Å². The smallest absolute Gasteiger partial charge is 0.132 e. The quantitative estimate of drug-likeness (QED) is 0.706. The first kappa shape index (κ1) is 12.8. The fraction of sp³-hybridized carbons (Fsp3) is 0.538. The highest BCUT2D eigenvalue weighted by atomic mass is 16.1. The van der Waals surface area contributed by atoms with E-state index in [1.807, 2.05) is 19.2 Å². The van der Waals surface area contributed by atoms with Crippen LogP contribution in [0.5, 0.6) is 0 Å². The van der Waals surface area contributed by atoms with Crippen LogP contribution in [0.1, 0.15) is 31.7 Å². The lowest BCUT2D eigenvalue weighted by Crippen LogP contribution is -2.19. The molecule has 0 saturated heterocycles. The fourth-order valence-electron chi connectivity index (χ4n) is 1.61. The Bertz CT molecular complexity index is 311. The molecular weight excluding hydrogens is 200 g/mol. The van der Waals surface area contributed by atoms with Gasteiger partial charge in [0.2, 0.25) is 0 Å². The Kier molecular flexibility index (Phi) is 5.72. The van der Waals surface area contributed by atoms with Crippen LogP contribution in [-0.2, 0) is 11.3 Å². The minimum Gasteiger partial charge on any atom is -0.302 e. The van der Waals surface area contributed by atoms with Crippen molar-refractivity contribution in [3.8, 4) is 0 Å². The van der Waals surface area contributed by atoms with Crippen molar-refractivity contribution in [3.63, 3.8) is 0 Å². The maximum Gasteiger partial charge on any atom is 0.132 e. The number of pyridine rings is 1. The Hall–Kier alpha value is -1.22. The van der Waals surface area contributed by atoms with E-state index in [-0.39, 0.29) is 0 Å². The molecule has 0 amide bonds. The third-order valence-electron chi connectivity index (χ3n) is 2.57. The van der Waals surface area contributed by atoms with Crippen LogP contribution in [0.15, 0.2) is 24.5 Å². The molecule has 0 atom stereocenters. The number of ketones is 1. The molecule has 0 aliphatic heterocycles. The maximum absolute atomic E-state index is 11.1. The van der Waals surface area contributed by atoms with E-state index in [9.17, 15) is 4.79 Å². The molecule has 0 aromatic carbocycles. The summed E-state index contributed by atoms with van der Waals surface area (Å²) in [7, 11) is 2.07. The second-order valence-electron chi connectivity index (χ2n) is 4.09. The number of carbonyl (C=O) groups excluding carboxylic acids is 1. The van der Waals surface area contributed by atoms with Crippen LogP contribution >= 0.6 is 0 Å². The molecule has 3 nitrogen and oxygen atoms in total. The normalized spacial score (nSPS) is 10.7. The van der Waals surface area contributed by atoms with Crippen LogP contribution < -0.4 is 0 Å². The standard InChI is InChI=1S/C13H20N2O/c1-3-13(16)7-5-9-15(2)11-12-6-4-8-14-10-12/h4,6,8,10H,3,5,7,9,11H2,1-2H3. The number of hydrogen-bond acceptors (Lipinski definition) is 3. The van der Waals surface area contributed by atoms with Gasteiger partial charge in [0.05, 0.1) is 0 Å². The molecule has 1 rings (SSSR count). The van der Waals surface area contributed by atoms with Crippen LogP contribution in [0.4, 0.5) is 0 Å². The highest BCUT2D eigenvalue weighted by Gasteiger charge is 2.02. The summed E-state index contributed by atoms with van der Waals surface area (Å²) in [6, 6.07) is 4.02. The van der Waals surface area contributed by atoms with Gasteiger partial charge in [-0.15, -0.1) is 0 Å². The minimum absolute atomic E-state index is 0.356. The van der Waals surface area contributed by atoms with Gasteiger partial charge in [0, 0.05) is 31.8 Å². The van der Waals surface area contributed by atoms with Crippen LogP contribution in [0.25, 0.3) is 0 Å². The van der Waals surface area contributed by atoms with Crippen molar-refractivity contribution in [2.75, 3.05) is 13.6 Å². The average Bonchev–Trinajstić information content (AvgIpc) is 2.30. The number of aromatic nitrogens is 1. The highest BCUT2D eigenvalue weighted by Crippen LogP contribution is 2.03. The van der Waals surface area contributed by atoms with Crippen molar-refractivity contribution in [2.45, 2.75) is 32.7 Å². The topological polar surface area (TPSA) is 33.2 Å². The van der Waals surface area contributed by atoms with E-state index < -0.39 is 0 Å². The van der Waals surface area contributed by atoms with E-state index in [2.05, 4.69) is 23.0 Å². The third-order valence-corrected chi connectivity index (χ3v) is 2.57. The molecule has 0 saturated carbocycles. The lowest BCUT2D eigenvalue weighted by molar-refractivity contribution is -0.118. The number of hydrogen-bond donors (Lipinski definition) is 0. The molecule has 0 aliphatic carbocycles. The molecule has 0 radical (unpaired) electrons. The predicted molar refractivity (Wildman–Crippen MR) is 65.1 cm³/mol. The van der Waals surface area contributed by atoms with Gasteiger partial charge in [-0.3, -0.25) is 9.78 Å². The molecule has 88 valence electrons. The van der Waals surface area contributed by atoms with Gasteiger partial charge in [-0.1, -0.05) is 13.0 Å². The molecule has 0 aliphatic rings. The Morgan fingerprint density at radius 1 is 1.50 bits per heavy atom. The van der Waals surface area contributed by atoms with Crippen molar-refractivity contribution in [1.29, 1.82) is 0 Å². The molecule has 0 N–H and O–H groups in total. The van der Waals surface area contributed by atoms with E-state index in [1.54, 1.807) is 6.20 Å². The van der Waals surface area contributed by atoms with Crippen molar-refractivity contribution < 1.29 is 4.79 Å². The van der Waals surface area contributed by atoms with Crippen molar-refractivity contribution in [3.05, 3.63) is 30.1 Å². The SMILES string of the molecule is CCC(=O)CCCN(C)Cc1cccnc1. The Morgan fingerprint density at radius 2 is 2.31 bits per heavy atom. The van der Waals surface area contributed by atoms with E-state index in [0.29, 0.717) is 18.6 Å². The van der Waals surface area contributed by atoms with E-state index in [0.717, 1.165) is 19.5 Å². The van der Waals surface area contributed by atoms with Crippen molar-refractivity contribution in [2.24, 2.45) is 0 Å². The first-order valence-corrected chi connectivity index (χ1v) is 5.81. The van der Waals surface area contributed by atoms with Gasteiger partial charge in [0.25, 0.3) is 0 Å². The summed E-state index contributed by atoms with van der Waals surface area (Å²) >= 11 is 0. The molecular formula is C13H20N2O. The second-order valence-corrected chi connectivity index (χ2v) is 4.09. The van der Waals surface area contributed by atoms with E-state index in [1.165, 1.54) is 5.56 Å². The number of rotatable bonds is 7. The monoisotopic (exact) mass is 220 g/mol. The zero-order chi connectivity index (χ0) is 11.8. The van der Waals surface area contributed by atoms with Gasteiger partial charge in [0.1, 0.15) is 5.78 Å². The lowest BCUT2D eigenvalue weighted by Gasteiger charge is -2.15. The molecule has 1 aromatic heterocycles. The van der Waals surface area contributed by atoms with Gasteiger partial charge < -0.3 is 4.90 Å². The lowest BCUT2D eigenvalue weighted by atomic mass is 10.2. The second kappa shape index (κ2) is 7.12. The first-order chi connectivity index (χ1) is 7.72. The fourth-order valence-corrected chi connectivity index (χ4v) is 1.61. The number of nitrogens with zero attached hydrogens (tertiary/aromatic N) is 2. The summed E-state index contributed by atoms with van der Waals surface area (Å²) in [4.78, 5) is 17.4.